The average molecular weight is 467 g/mol. The molecular formula is C25H27FN4O2S. The SMILES string of the molecule is CC(=O)c1cccc(NC(=O)[C@@H](C)Sc2nnc(-c3ccccc3F)n2C2CCCCC2)c1. The summed E-state index contributed by atoms with van der Waals surface area (Å²) in [6, 6.07) is 13.6. The topological polar surface area (TPSA) is 76.9 Å². The lowest BCUT2D eigenvalue weighted by atomic mass is 9.95. The Labute approximate surface area is 197 Å². The number of carbonyl (C=O) groups excluding carboxylic acids is 2. The van der Waals surface area contributed by atoms with Crippen LogP contribution in [0.5, 0.6) is 0 Å². The van der Waals surface area contributed by atoms with Gasteiger partial charge in [0.15, 0.2) is 16.8 Å². The zero-order valence-corrected chi connectivity index (χ0v) is 19.6. The van der Waals surface area contributed by atoms with Crippen molar-refractivity contribution in [3.63, 3.8) is 0 Å². The minimum atomic E-state index is -0.467. The van der Waals surface area contributed by atoms with Crippen LogP contribution in [0, 0.1) is 5.82 Å². The molecule has 1 aromatic heterocycles. The molecule has 1 aliphatic rings. The maximum atomic E-state index is 14.6. The van der Waals surface area contributed by atoms with Crippen molar-refractivity contribution in [3.05, 3.63) is 59.9 Å². The second kappa shape index (κ2) is 10.3. The summed E-state index contributed by atoms with van der Waals surface area (Å²) in [4.78, 5) is 24.5. The van der Waals surface area contributed by atoms with E-state index < -0.39 is 5.25 Å². The Morgan fingerprint density at radius 1 is 1.09 bits per heavy atom. The second-order valence-corrected chi connectivity index (χ2v) is 9.64. The first-order valence-corrected chi connectivity index (χ1v) is 12.1. The summed E-state index contributed by atoms with van der Waals surface area (Å²) in [6.07, 6.45) is 5.35. The quantitative estimate of drug-likeness (QED) is 0.346. The highest BCUT2D eigenvalue weighted by Gasteiger charge is 2.27. The number of thioether (sulfide) groups is 1. The molecule has 1 N–H and O–H groups in total. The number of Topliss-reactive ketones (excluding diaryl/α,β-unsaturated/α-hetero) is 1. The Kier molecular flexibility index (Phi) is 7.23. The number of benzene rings is 2. The fourth-order valence-electron chi connectivity index (χ4n) is 4.12. The standard InChI is InChI=1S/C25H27FN4O2S/c1-16(31)18-9-8-10-19(15-18)27-24(32)17(2)33-25-29-28-23(21-13-6-7-14-22(21)26)30(25)20-11-4-3-5-12-20/h6-10,13-15,17,20H,3-5,11-12H2,1-2H3,(H,27,32)/t17-/m1/s1. The first kappa shape index (κ1) is 23.2. The van der Waals surface area contributed by atoms with Gasteiger partial charge in [-0.15, -0.1) is 10.2 Å². The van der Waals surface area contributed by atoms with Gasteiger partial charge in [-0.25, -0.2) is 4.39 Å². The van der Waals surface area contributed by atoms with E-state index in [0.29, 0.717) is 27.8 Å². The molecule has 0 unspecified atom stereocenters. The molecule has 6 nitrogen and oxygen atoms in total. The van der Waals surface area contributed by atoms with Gasteiger partial charge < -0.3 is 5.32 Å². The molecular weight excluding hydrogens is 439 g/mol. The van der Waals surface area contributed by atoms with E-state index in [2.05, 4.69) is 15.5 Å². The molecule has 0 bridgehead atoms. The number of hydrogen-bond acceptors (Lipinski definition) is 5. The van der Waals surface area contributed by atoms with Gasteiger partial charge in [0.05, 0.1) is 10.8 Å². The number of aromatic nitrogens is 3. The molecule has 33 heavy (non-hydrogen) atoms. The van der Waals surface area contributed by atoms with Gasteiger partial charge in [0.1, 0.15) is 5.82 Å². The largest absolute Gasteiger partial charge is 0.325 e. The van der Waals surface area contributed by atoms with E-state index in [1.807, 2.05) is 4.57 Å². The van der Waals surface area contributed by atoms with Crippen molar-refractivity contribution >= 4 is 29.1 Å². The molecule has 1 amide bonds. The summed E-state index contributed by atoms with van der Waals surface area (Å²) in [7, 11) is 0. The first-order valence-electron chi connectivity index (χ1n) is 11.2. The number of halogens is 1. The molecule has 0 spiro atoms. The third kappa shape index (κ3) is 5.33. The predicted octanol–water partition coefficient (Wildman–Crippen LogP) is 5.91. The van der Waals surface area contributed by atoms with Crippen LogP contribution in [0.4, 0.5) is 10.1 Å². The summed E-state index contributed by atoms with van der Waals surface area (Å²) in [5.74, 6) is -0.0972. The molecule has 1 aliphatic carbocycles. The number of nitrogens with one attached hydrogen (secondary N) is 1. The van der Waals surface area contributed by atoms with Gasteiger partial charge in [-0.3, -0.25) is 14.2 Å². The van der Waals surface area contributed by atoms with Crippen molar-refractivity contribution in [2.75, 3.05) is 5.32 Å². The van der Waals surface area contributed by atoms with E-state index in [1.165, 1.54) is 31.2 Å². The van der Waals surface area contributed by atoms with E-state index >= 15 is 0 Å². The fraction of sp³-hybridized carbons (Fsp3) is 0.360. The second-order valence-electron chi connectivity index (χ2n) is 8.33. The Morgan fingerprint density at radius 3 is 2.58 bits per heavy atom. The fourth-order valence-corrected chi connectivity index (χ4v) is 5.04. The molecule has 1 fully saturated rings. The first-order chi connectivity index (χ1) is 15.9. The number of hydrogen-bond donors (Lipinski definition) is 1. The minimum absolute atomic E-state index is 0.0604. The molecule has 4 rings (SSSR count). The van der Waals surface area contributed by atoms with Crippen molar-refractivity contribution < 1.29 is 14.0 Å². The van der Waals surface area contributed by atoms with Crippen molar-refractivity contribution in [1.29, 1.82) is 0 Å². The van der Waals surface area contributed by atoms with Crippen LogP contribution in [0.15, 0.2) is 53.7 Å². The molecule has 1 heterocycles. The van der Waals surface area contributed by atoms with E-state index in [1.54, 1.807) is 49.4 Å². The number of anilines is 1. The molecule has 0 radical (unpaired) electrons. The van der Waals surface area contributed by atoms with Gasteiger partial charge in [0.2, 0.25) is 5.91 Å². The van der Waals surface area contributed by atoms with Crippen molar-refractivity contribution in [2.45, 2.75) is 62.4 Å². The summed E-state index contributed by atoms with van der Waals surface area (Å²) >= 11 is 1.31. The molecule has 0 saturated heterocycles. The summed E-state index contributed by atoms with van der Waals surface area (Å²) in [5.41, 5.74) is 1.53. The monoisotopic (exact) mass is 466 g/mol. The van der Waals surface area contributed by atoms with Crippen LogP contribution in [0.1, 0.15) is 62.4 Å². The maximum absolute atomic E-state index is 14.6. The summed E-state index contributed by atoms with van der Waals surface area (Å²) in [6.45, 7) is 3.29. The molecule has 3 aromatic rings. The van der Waals surface area contributed by atoms with Crippen molar-refractivity contribution in [2.24, 2.45) is 0 Å². The third-order valence-electron chi connectivity index (χ3n) is 5.91. The number of amides is 1. The molecule has 8 heteroatoms. The van der Waals surface area contributed by atoms with E-state index in [9.17, 15) is 14.0 Å². The van der Waals surface area contributed by atoms with Crippen LogP contribution in [-0.2, 0) is 4.79 Å². The van der Waals surface area contributed by atoms with E-state index in [0.717, 1.165) is 25.7 Å². The molecule has 1 atom stereocenters. The number of carbonyl (C=O) groups is 2. The van der Waals surface area contributed by atoms with Gasteiger partial charge >= 0.3 is 0 Å². The smallest absolute Gasteiger partial charge is 0.237 e. The number of rotatable bonds is 7. The van der Waals surface area contributed by atoms with E-state index in [-0.39, 0.29) is 23.5 Å². The summed E-state index contributed by atoms with van der Waals surface area (Å²) < 4.78 is 16.6. The summed E-state index contributed by atoms with van der Waals surface area (Å²) in [5, 5.41) is 11.7. The highest BCUT2D eigenvalue weighted by Crippen LogP contribution is 2.37. The highest BCUT2D eigenvalue weighted by molar-refractivity contribution is 8.00. The average Bonchev–Trinajstić information content (AvgIpc) is 3.23. The van der Waals surface area contributed by atoms with Gasteiger partial charge in [-0.2, -0.15) is 0 Å². The highest BCUT2D eigenvalue weighted by atomic mass is 32.2. The van der Waals surface area contributed by atoms with Gasteiger partial charge in [-0.05, 0) is 51.0 Å². The Morgan fingerprint density at radius 2 is 1.85 bits per heavy atom. The Balaban J connectivity index is 1.58. The lowest BCUT2D eigenvalue weighted by Crippen LogP contribution is -2.23. The molecule has 2 aromatic carbocycles. The predicted molar refractivity (Wildman–Crippen MR) is 128 cm³/mol. The van der Waals surface area contributed by atoms with Crippen LogP contribution < -0.4 is 5.32 Å². The third-order valence-corrected chi connectivity index (χ3v) is 6.96. The normalized spacial score (nSPS) is 15.2. The lowest BCUT2D eigenvalue weighted by Gasteiger charge is -2.26. The molecule has 0 aliphatic heterocycles. The number of nitrogens with zero attached hydrogens (tertiary/aromatic N) is 3. The Bertz CT molecular complexity index is 1160. The van der Waals surface area contributed by atoms with Crippen LogP contribution >= 0.6 is 11.8 Å². The van der Waals surface area contributed by atoms with Crippen LogP contribution in [0.25, 0.3) is 11.4 Å². The zero-order valence-electron chi connectivity index (χ0n) is 18.8. The zero-order chi connectivity index (χ0) is 23.4. The van der Waals surface area contributed by atoms with Crippen molar-refractivity contribution in [3.8, 4) is 11.4 Å². The van der Waals surface area contributed by atoms with Crippen LogP contribution in [0.2, 0.25) is 0 Å². The van der Waals surface area contributed by atoms with Gasteiger partial charge in [-0.1, -0.05) is 55.3 Å². The van der Waals surface area contributed by atoms with E-state index in [4.69, 9.17) is 0 Å². The molecule has 172 valence electrons. The van der Waals surface area contributed by atoms with Gasteiger partial charge in [0.25, 0.3) is 0 Å². The van der Waals surface area contributed by atoms with Crippen LogP contribution in [-0.4, -0.2) is 31.7 Å². The van der Waals surface area contributed by atoms with Crippen molar-refractivity contribution in [1.82, 2.24) is 14.8 Å². The molecule has 1 saturated carbocycles. The maximum Gasteiger partial charge on any atom is 0.237 e. The number of ketones is 1. The minimum Gasteiger partial charge on any atom is -0.325 e. The van der Waals surface area contributed by atoms with Crippen LogP contribution in [0.3, 0.4) is 0 Å². The van der Waals surface area contributed by atoms with Gasteiger partial charge in [0, 0.05) is 17.3 Å². The Hall–Kier alpha value is -3.00. The lowest BCUT2D eigenvalue weighted by molar-refractivity contribution is -0.115.